The standard InChI is InChI=1S/C29H24F3N7O2/c1-16-20(30)10-7-11-21(16)36-28(38(15-40)18-8-5-4-6-9-18)17(2)39-29-23(27(33)34-14-35-29)26(37-39)19-12-13-22(41-3)25(32)24(19)31/h4-15,17H,1-3H3,(H2,33,34,35)/b36-28-. The molecule has 0 aliphatic rings. The molecule has 0 aliphatic carbocycles. The minimum atomic E-state index is -1.20. The third-order valence-corrected chi connectivity index (χ3v) is 6.64. The quantitative estimate of drug-likeness (QED) is 0.154. The molecule has 2 N–H and O–H groups in total. The number of hydrogen-bond donors (Lipinski definition) is 1. The van der Waals surface area contributed by atoms with Crippen molar-refractivity contribution in [3.8, 4) is 17.0 Å². The zero-order chi connectivity index (χ0) is 29.3. The number of carbonyl (C=O) groups excluding carboxylic acids is 1. The highest BCUT2D eigenvalue weighted by Gasteiger charge is 2.29. The smallest absolute Gasteiger partial charge is 0.219 e. The lowest BCUT2D eigenvalue weighted by Gasteiger charge is -2.25. The molecular formula is C29H24F3N7O2. The number of para-hydroxylation sites is 1. The highest BCUT2D eigenvalue weighted by atomic mass is 19.2. The maximum absolute atomic E-state index is 15.2. The number of anilines is 2. The fourth-order valence-corrected chi connectivity index (χ4v) is 4.46. The number of fused-ring (bicyclic) bond motifs is 1. The van der Waals surface area contributed by atoms with Gasteiger partial charge in [-0.05, 0) is 50.2 Å². The molecule has 1 unspecified atom stereocenters. The number of benzene rings is 3. The van der Waals surface area contributed by atoms with Gasteiger partial charge in [-0.15, -0.1) is 0 Å². The average molecular weight is 560 g/mol. The Morgan fingerprint density at radius 1 is 1.05 bits per heavy atom. The topological polar surface area (TPSA) is 112 Å². The SMILES string of the molecule is COc1ccc(-c2nn(C(C)/C(=N/c3cccc(F)c3C)N(C=O)c3ccccc3)c3ncnc(N)c23)c(F)c1F. The Morgan fingerprint density at radius 3 is 2.51 bits per heavy atom. The van der Waals surface area contributed by atoms with Crippen LogP contribution in [0.15, 0.2) is 72.0 Å². The molecule has 3 aromatic carbocycles. The van der Waals surface area contributed by atoms with Crippen LogP contribution in [0, 0.1) is 24.4 Å². The van der Waals surface area contributed by atoms with Crippen LogP contribution in [0.4, 0.5) is 30.4 Å². The third kappa shape index (κ3) is 4.84. The number of nitrogen functional groups attached to an aromatic ring is 1. The van der Waals surface area contributed by atoms with Crippen molar-refractivity contribution in [2.24, 2.45) is 4.99 Å². The predicted octanol–water partition coefficient (Wildman–Crippen LogP) is 5.76. The van der Waals surface area contributed by atoms with Gasteiger partial charge in [-0.3, -0.25) is 9.69 Å². The summed E-state index contributed by atoms with van der Waals surface area (Å²) in [5.41, 5.74) is 7.17. The Morgan fingerprint density at radius 2 is 1.80 bits per heavy atom. The van der Waals surface area contributed by atoms with E-state index in [1.165, 1.54) is 47.3 Å². The maximum atomic E-state index is 15.2. The minimum Gasteiger partial charge on any atom is -0.494 e. The second-order valence-corrected chi connectivity index (χ2v) is 9.03. The zero-order valence-electron chi connectivity index (χ0n) is 22.2. The number of aromatic nitrogens is 4. The average Bonchev–Trinajstić information content (AvgIpc) is 3.37. The fraction of sp³-hybridized carbons (Fsp3) is 0.138. The minimum absolute atomic E-state index is 0.0196. The Kier molecular flexibility index (Phi) is 7.38. The summed E-state index contributed by atoms with van der Waals surface area (Å²) in [5.74, 6) is -3.02. The first-order valence-electron chi connectivity index (χ1n) is 12.4. The summed E-state index contributed by atoms with van der Waals surface area (Å²) in [6, 6.07) is 14.8. The van der Waals surface area contributed by atoms with Gasteiger partial charge in [0.05, 0.1) is 18.2 Å². The number of rotatable bonds is 7. The molecule has 41 heavy (non-hydrogen) atoms. The van der Waals surface area contributed by atoms with E-state index in [-0.39, 0.29) is 50.9 Å². The first kappa shape index (κ1) is 27.3. The van der Waals surface area contributed by atoms with E-state index >= 15 is 4.39 Å². The van der Waals surface area contributed by atoms with Crippen LogP contribution in [0.3, 0.4) is 0 Å². The van der Waals surface area contributed by atoms with Crippen molar-refractivity contribution in [3.63, 3.8) is 0 Å². The molecule has 12 heteroatoms. The molecular weight excluding hydrogens is 535 g/mol. The molecule has 1 atom stereocenters. The van der Waals surface area contributed by atoms with Gasteiger partial charge in [0.25, 0.3) is 0 Å². The predicted molar refractivity (Wildman–Crippen MR) is 150 cm³/mol. The molecule has 0 fully saturated rings. The first-order valence-corrected chi connectivity index (χ1v) is 12.4. The molecule has 0 spiro atoms. The van der Waals surface area contributed by atoms with Gasteiger partial charge in [0, 0.05) is 16.8 Å². The van der Waals surface area contributed by atoms with Crippen molar-refractivity contribution in [1.29, 1.82) is 0 Å². The number of ether oxygens (including phenoxy) is 1. The molecule has 2 heterocycles. The highest BCUT2D eigenvalue weighted by Crippen LogP contribution is 2.36. The van der Waals surface area contributed by atoms with E-state index in [1.54, 1.807) is 50.2 Å². The van der Waals surface area contributed by atoms with Gasteiger partial charge in [0.2, 0.25) is 12.2 Å². The summed E-state index contributed by atoms with van der Waals surface area (Å²) < 4.78 is 50.7. The molecule has 5 aromatic rings. The molecule has 0 saturated heterocycles. The van der Waals surface area contributed by atoms with Crippen LogP contribution in [-0.2, 0) is 4.79 Å². The summed E-state index contributed by atoms with van der Waals surface area (Å²) in [7, 11) is 1.22. The number of halogens is 3. The second kappa shape index (κ2) is 11.1. The van der Waals surface area contributed by atoms with Crippen LogP contribution >= 0.6 is 0 Å². The van der Waals surface area contributed by atoms with Crippen molar-refractivity contribution in [1.82, 2.24) is 19.7 Å². The van der Waals surface area contributed by atoms with E-state index in [0.717, 1.165) is 0 Å². The number of aliphatic imine (C=N–C) groups is 1. The van der Waals surface area contributed by atoms with Crippen LogP contribution in [0.2, 0.25) is 0 Å². The molecule has 9 nitrogen and oxygen atoms in total. The van der Waals surface area contributed by atoms with E-state index < -0.39 is 23.5 Å². The van der Waals surface area contributed by atoms with Gasteiger partial charge in [0.1, 0.15) is 35.5 Å². The number of nitrogens with two attached hydrogens (primary N) is 1. The largest absolute Gasteiger partial charge is 0.494 e. The molecule has 0 bridgehead atoms. The number of carbonyl (C=O) groups is 1. The lowest BCUT2D eigenvalue weighted by atomic mass is 10.1. The van der Waals surface area contributed by atoms with Crippen LogP contribution in [-0.4, -0.2) is 39.1 Å². The number of amides is 1. The van der Waals surface area contributed by atoms with E-state index in [0.29, 0.717) is 12.1 Å². The molecule has 2 aromatic heterocycles. The Balaban J connectivity index is 1.76. The van der Waals surface area contributed by atoms with Crippen molar-refractivity contribution >= 4 is 40.5 Å². The highest BCUT2D eigenvalue weighted by molar-refractivity contribution is 6.13. The maximum Gasteiger partial charge on any atom is 0.219 e. The number of hydrogen-bond acceptors (Lipinski definition) is 7. The van der Waals surface area contributed by atoms with Crippen LogP contribution in [0.25, 0.3) is 22.3 Å². The monoisotopic (exact) mass is 559 g/mol. The van der Waals surface area contributed by atoms with E-state index in [2.05, 4.69) is 15.1 Å². The lowest BCUT2D eigenvalue weighted by molar-refractivity contribution is -0.106. The van der Waals surface area contributed by atoms with Crippen molar-refractivity contribution in [2.75, 3.05) is 17.7 Å². The Hall–Kier alpha value is -5.26. The van der Waals surface area contributed by atoms with Crippen LogP contribution in [0.1, 0.15) is 18.5 Å². The van der Waals surface area contributed by atoms with Gasteiger partial charge in [0.15, 0.2) is 17.2 Å². The van der Waals surface area contributed by atoms with Gasteiger partial charge < -0.3 is 10.5 Å². The van der Waals surface area contributed by atoms with E-state index in [9.17, 15) is 13.6 Å². The first-order chi connectivity index (χ1) is 19.8. The number of methoxy groups -OCH3 is 1. The van der Waals surface area contributed by atoms with Crippen molar-refractivity contribution in [3.05, 3.63) is 90.0 Å². The Bertz CT molecular complexity index is 1790. The van der Waals surface area contributed by atoms with Gasteiger partial charge >= 0.3 is 0 Å². The van der Waals surface area contributed by atoms with Gasteiger partial charge in [-0.1, -0.05) is 24.3 Å². The third-order valence-electron chi connectivity index (χ3n) is 6.64. The molecule has 0 aliphatic heterocycles. The molecule has 1 amide bonds. The van der Waals surface area contributed by atoms with Crippen LogP contribution in [0.5, 0.6) is 5.75 Å². The van der Waals surface area contributed by atoms with Crippen molar-refractivity contribution < 1.29 is 22.7 Å². The zero-order valence-corrected chi connectivity index (χ0v) is 22.2. The molecule has 208 valence electrons. The number of amidine groups is 1. The summed E-state index contributed by atoms with van der Waals surface area (Å²) in [6.45, 7) is 3.26. The van der Waals surface area contributed by atoms with E-state index in [4.69, 9.17) is 15.5 Å². The lowest BCUT2D eigenvalue weighted by Crippen LogP contribution is -2.36. The van der Waals surface area contributed by atoms with Gasteiger partial charge in [-0.2, -0.15) is 9.49 Å². The summed E-state index contributed by atoms with van der Waals surface area (Å²) in [6.07, 6.45) is 1.79. The van der Waals surface area contributed by atoms with Gasteiger partial charge in [-0.25, -0.2) is 28.4 Å². The normalized spacial score (nSPS) is 12.4. The second-order valence-electron chi connectivity index (χ2n) is 9.03. The van der Waals surface area contributed by atoms with E-state index in [1.807, 2.05) is 0 Å². The summed E-state index contributed by atoms with van der Waals surface area (Å²) in [5, 5.41) is 4.75. The summed E-state index contributed by atoms with van der Waals surface area (Å²) in [4.78, 5) is 26.8. The molecule has 5 rings (SSSR count). The van der Waals surface area contributed by atoms with Crippen molar-refractivity contribution in [2.45, 2.75) is 19.9 Å². The summed E-state index contributed by atoms with van der Waals surface area (Å²) >= 11 is 0. The molecule has 0 radical (unpaired) electrons. The fourth-order valence-electron chi connectivity index (χ4n) is 4.46. The number of nitrogens with zero attached hydrogens (tertiary/aromatic N) is 6. The Labute approximate surface area is 232 Å². The van der Waals surface area contributed by atoms with Crippen LogP contribution < -0.4 is 15.4 Å². The molecule has 0 saturated carbocycles.